The number of aromatic nitrogens is 5. The summed E-state index contributed by atoms with van der Waals surface area (Å²) >= 11 is 0. The average Bonchev–Trinajstić information content (AvgIpc) is 3.64. The first-order valence-electron chi connectivity index (χ1n) is 13.1. The number of benzene rings is 1. The second kappa shape index (κ2) is 10.5. The molecule has 0 N–H and O–H groups in total. The Morgan fingerprint density at radius 1 is 1.07 bits per heavy atom. The van der Waals surface area contributed by atoms with Crippen LogP contribution in [0.1, 0.15) is 66.4 Å². The van der Waals surface area contributed by atoms with Crippen LogP contribution in [0, 0.1) is 18.6 Å². The van der Waals surface area contributed by atoms with Gasteiger partial charge >= 0.3 is 6.18 Å². The van der Waals surface area contributed by atoms with E-state index in [1.165, 1.54) is 6.07 Å². The van der Waals surface area contributed by atoms with Gasteiger partial charge in [-0.3, -0.25) is 4.68 Å². The quantitative estimate of drug-likeness (QED) is 0.240. The third kappa shape index (κ3) is 5.68. The van der Waals surface area contributed by atoms with Gasteiger partial charge in [-0.1, -0.05) is 0 Å². The smallest absolute Gasteiger partial charge is 0.373 e. The van der Waals surface area contributed by atoms with Crippen LogP contribution in [0.2, 0.25) is 0 Å². The number of nitrogens with zero attached hydrogens (tertiary/aromatic N) is 5. The Morgan fingerprint density at radius 2 is 1.90 bits per heavy atom. The third-order valence-electron chi connectivity index (χ3n) is 7.25. The molecule has 4 aromatic rings. The minimum Gasteiger partial charge on any atom is -0.373 e. The Kier molecular flexibility index (Phi) is 6.99. The van der Waals surface area contributed by atoms with E-state index < -0.39 is 31.0 Å². The van der Waals surface area contributed by atoms with E-state index in [0.29, 0.717) is 42.4 Å². The highest BCUT2D eigenvalue weighted by Gasteiger charge is 2.31. The zero-order chi connectivity index (χ0) is 28.0. The van der Waals surface area contributed by atoms with Crippen molar-refractivity contribution in [1.29, 1.82) is 0 Å². The van der Waals surface area contributed by atoms with Crippen LogP contribution in [0.3, 0.4) is 0 Å². The summed E-state index contributed by atoms with van der Waals surface area (Å²) in [5, 5.41) is 4.47. The van der Waals surface area contributed by atoms with Crippen LogP contribution in [0.25, 0.3) is 22.3 Å². The van der Waals surface area contributed by atoms with E-state index in [0.717, 1.165) is 30.5 Å². The molecular weight excluding hydrogens is 533 g/mol. The van der Waals surface area contributed by atoms with Crippen molar-refractivity contribution >= 4 is 11.0 Å². The van der Waals surface area contributed by atoms with Crippen molar-refractivity contribution in [2.24, 2.45) is 0 Å². The van der Waals surface area contributed by atoms with Crippen molar-refractivity contribution in [3.8, 4) is 11.3 Å². The van der Waals surface area contributed by atoms with Crippen LogP contribution in [0.4, 0.5) is 22.0 Å². The van der Waals surface area contributed by atoms with E-state index in [2.05, 4.69) is 15.1 Å². The van der Waals surface area contributed by atoms with E-state index in [9.17, 15) is 17.6 Å². The largest absolute Gasteiger partial charge is 0.411 e. The molecule has 12 heteroatoms. The Balaban J connectivity index is 1.37. The fourth-order valence-corrected chi connectivity index (χ4v) is 5.03. The van der Waals surface area contributed by atoms with E-state index in [4.69, 9.17) is 14.5 Å². The normalized spacial score (nSPS) is 19.9. The number of hydrogen-bond donors (Lipinski definition) is 0. The summed E-state index contributed by atoms with van der Waals surface area (Å²) in [6.45, 7) is 0.244. The van der Waals surface area contributed by atoms with E-state index in [1.54, 1.807) is 13.0 Å². The van der Waals surface area contributed by atoms with Gasteiger partial charge in [-0.25, -0.2) is 23.7 Å². The number of hydrogen-bond acceptors (Lipinski definition) is 6. The predicted molar refractivity (Wildman–Crippen MR) is 134 cm³/mol. The minimum atomic E-state index is -4.49. The molecule has 0 radical (unpaired) electrons. The third-order valence-corrected chi connectivity index (χ3v) is 7.25. The number of halogens is 5. The Bertz CT molecular complexity index is 1550. The van der Waals surface area contributed by atoms with Gasteiger partial charge < -0.3 is 9.47 Å². The molecule has 1 saturated heterocycles. The minimum absolute atomic E-state index is 0.0166. The first-order valence-corrected chi connectivity index (χ1v) is 13.1. The van der Waals surface area contributed by atoms with Gasteiger partial charge in [0.05, 0.1) is 41.9 Å². The number of pyridine rings is 1. The molecule has 1 saturated carbocycles. The lowest BCUT2D eigenvalue weighted by Gasteiger charge is -2.29. The molecule has 0 amide bonds. The van der Waals surface area contributed by atoms with E-state index >= 15 is 4.39 Å². The maximum absolute atomic E-state index is 15.0. The van der Waals surface area contributed by atoms with Crippen molar-refractivity contribution in [2.45, 2.75) is 63.5 Å². The molecular formula is C28H26F5N5O2. The lowest BCUT2D eigenvalue weighted by molar-refractivity contribution is -0.176. The van der Waals surface area contributed by atoms with Gasteiger partial charge in [0.1, 0.15) is 29.5 Å². The molecule has 2 aliphatic rings. The molecule has 1 aliphatic carbocycles. The van der Waals surface area contributed by atoms with Crippen molar-refractivity contribution in [3.05, 3.63) is 70.9 Å². The standard InChI is InChI=1S/C28H26F5N5O2/c1-15-24(13-39-14-28(31,32)33)37-27-23(35-15)10-22(36-26(27)20-5-2-18(29)9-21(20)30)16-6-7-40-25(8-16)17-11-34-38(12-17)19-3-4-19/h2,5,9-12,16,19,25H,3-4,6-8,13-14H2,1H3/t16-,25+/m1/s1. The monoisotopic (exact) mass is 559 g/mol. The fraction of sp³-hybridized carbons (Fsp3) is 0.429. The molecule has 2 fully saturated rings. The summed E-state index contributed by atoms with van der Waals surface area (Å²) in [7, 11) is 0. The number of rotatable bonds is 7. The van der Waals surface area contributed by atoms with Crippen molar-refractivity contribution < 1.29 is 31.4 Å². The Morgan fingerprint density at radius 3 is 2.65 bits per heavy atom. The molecule has 4 heterocycles. The van der Waals surface area contributed by atoms with Gasteiger partial charge in [-0.15, -0.1) is 0 Å². The van der Waals surface area contributed by atoms with Gasteiger partial charge in [-0.2, -0.15) is 18.3 Å². The second-order valence-corrected chi connectivity index (χ2v) is 10.3. The summed E-state index contributed by atoms with van der Waals surface area (Å²) in [6.07, 6.45) is 2.71. The molecule has 210 valence electrons. The Labute approximate surface area is 226 Å². The SMILES string of the molecule is Cc1nc2cc([C@@H]3CCO[C@H](c4cnn(C5CC5)c4)C3)nc(-c3ccc(F)cc3F)c2nc1COCC(F)(F)F. The number of aryl methyl sites for hydroxylation is 1. The fourth-order valence-electron chi connectivity index (χ4n) is 5.03. The van der Waals surface area contributed by atoms with Crippen LogP contribution in [0.15, 0.2) is 36.7 Å². The first kappa shape index (κ1) is 26.7. The summed E-state index contributed by atoms with van der Waals surface area (Å²) in [5.41, 5.74) is 2.96. The van der Waals surface area contributed by atoms with Crippen LogP contribution in [-0.4, -0.2) is 44.1 Å². The van der Waals surface area contributed by atoms with Gasteiger partial charge in [0.25, 0.3) is 0 Å². The number of alkyl halides is 3. The molecule has 0 spiro atoms. The lowest BCUT2D eigenvalue weighted by Crippen LogP contribution is -2.20. The Hall–Kier alpha value is -3.51. The van der Waals surface area contributed by atoms with Gasteiger partial charge in [-0.05, 0) is 50.8 Å². The van der Waals surface area contributed by atoms with Crippen LogP contribution >= 0.6 is 0 Å². The molecule has 1 aliphatic heterocycles. The molecule has 2 atom stereocenters. The summed E-state index contributed by atoms with van der Waals surface area (Å²) in [6, 6.07) is 5.38. The molecule has 40 heavy (non-hydrogen) atoms. The van der Waals surface area contributed by atoms with E-state index in [-0.39, 0.29) is 34.5 Å². The number of ether oxygens (including phenoxy) is 2. The van der Waals surface area contributed by atoms with Gasteiger partial charge in [0.15, 0.2) is 0 Å². The number of fused-ring (bicyclic) bond motifs is 1. The highest BCUT2D eigenvalue weighted by atomic mass is 19.4. The topological polar surface area (TPSA) is 75.0 Å². The molecule has 3 aromatic heterocycles. The second-order valence-electron chi connectivity index (χ2n) is 10.3. The summed E-state index contributed by atoms with van der Waals surface area (Å²) < 4.78 is 79.4. The molecule has 7 nitrogen and oxygen atoms in total. The molecule has 0 unspecified atom stereocenters. The van der Waals surface area contributed by atoms with Gasteiger partial charge in [0.2, 0.25) is 0 Å². The zero-order valence-corrected chi connectivity index (χ0v) is 21.6. The van der Waals surface area contributed by atoms with Crippen LogP contribution < -0.4 is 0 Å². The van der Waals surface area contributed by atoms with Gasteiger partial charge in [0, 0.05) is 41.6 Å². The van der Waals surface area contributed by atoms with Crippen LogP contribution in [-0.2, 0) is 16.1 Å². The molecule has 1 aromatic carbocycles. The van der Waals surface area contributed by atoms with Crippen molar-refractivity contribution in [3.63, 3.8) is 0 Å². The van der Waals surface area contributed by atoms with E-state index in [1.807, 2.05) is 17.1 Å². The molecule has 0 bridgehead atoms. The zero-order valence-electron chi connectivity index (χ0n) is 21.6. The highest BCUT2D eigenvalue weighted by molar-refractivity contribution is 5.89. The van der Waals surface area contributed by atoms with Crippen molar-refractivity contribution in [1.82, 2.24) is 24.7 Å². The average molecular weight is 560 g/mol. The summed E-state index contributed by atoms with van der Waals surface area (Å²) in [5.74, 6) is -1.63. The maximum Gasteiger partial charge on any atom is 0.411 e. The molecule has 6 rings (SSSR count). The first-order chi connectivity index (χ1) is 19.1. The maximum atomic E-state index is 15.0. The highest BCUT2D eigenvalue weighted by Crippen LogP contribution is 2.40. The van der Waals surface area contributed by atoms with Crippen LogP contribution in [0.5, 0.6) is 0 Å². The summed E-state index contributed by atoms with van der Waals surface area (Å²) in [4.78, 5) is 13.9. The lowest BCUT2D eigenvalue weighted by atomic mass is 9.89. The predicted octanol–water partition coefficient (Wildman–Crippen LogP) is 6.52. The van der Waals surface area contributed by atoms with Crippen molar-refractivity contribution in [2.75, 3.05) is 13.2 Å².